The Labute approximate surface area is 116 Å². The molecule has 0 fully saturated rings. The molecule has 0 saturated heterocycles. The number of halogens is 3. The lowest BCUT2D eigenvalue weighted by Crippen LogP contribution is -2.29. The van der Waals surface area contributed by atoms with E-state index in [1.807, 2.05) is 31.2 Å². The van der Waals surface area contributed by atoms with Crippen molar-refractivity contribution < 1.29 is 22.7 Å². The van der Waals surface area contributed by atoms with Crippen LogP contribution in [0.1, 0.15) is 17.5 Å². The van der Waals surface area contributed by atoms with Gasteiger partial charge >= 0.3 is 6.18 Å². The van der Waals surface area contributed by atoms with E-state index in [1.54, 1.807) is 0 Å². The van der Waals surface area contributed by atoms with E-state index in [0.29, 0.717) is 12.8 Å². The zero-order valence-electron chi connectivity index (χ0n) is 11.3. The first kappa shape index (κ1) is 16.5. The number of hydrogen-bond donors (Lipinski definition) is 1. The summed E-state index contributed by atoms with van der Waals surface area (Å²) in [5, 5.41) is 2.52. The second-order valence-corrected chi connectivity index (χ2v) is 4.50. The van der Waals surface area contributed by atoms with Gasteiger partial charge in [-0.3, -0.25) is 4.79 Å². The summed E-state index contributed by atoms with van der Waals surface area (Å²) in [5.74, 6) is -0.193. The Morgan fingerprint density at radius 1 is 1.25 bits per heavy atom. The Balaban J connectivity index is 2.10. The van der Waals surface area contributed by atoms with Crippen LogP contribution < -0.4 is 5.32 Å². The third-order valence-corrected chi connectivity index (χ3v) is 2.60. The molecule has 1 rings (SSSR count). The van der Waals surface area contributed by atoms with Gasteiger partial charge in [-0.05, 0) is 18.9 Å². The van der Waals surface area contributed by atoms with Gasteiger partial charge in [0, 0.05) is 13.0 Å². The van der Waals surface area contributed by atoms with Crippen molar-refractivity contribution in [1.29, 1.82) is 0 Å². The van der Waals surface area contributed by atoms with Gasteiger partial charge < -0.3 is 10.1 Å². The lowest BCUT2D eigenvalue weighted by Gasteiger charge is -2.08. The molecule has 0 saturated carbocycles. The monoisotopic (exact) mass is 289 g/mol. The van der Waals surface area contributed by atoms with Gasteiger partial charge in [-0.2, -0.15) is 13.2 Å². The standard InChI is InChI=1S/C14H18F3NO2/c1-11-2-4-12(5-3-11)6-7-13(19)18-8-9-20-10-14(15,16)17/h2-5H,6-10H2,1H3,(H,18,19). The number of amides is 1. The summed E-state index contributed by atoms with van der Waals surface area (Å²) < 4.78 is 39.7. The van der Waals surface area contributed by atoms with E-state index in [-0.39, 0.29) is 19.1 Å². The van der Waals surface area contributed by atoms with Gasteiger partial charge in [-0.1, -0.05) is 29.8 Å². The molecular formula is C14H18F3NO2. The Kier molecular flexibility index (Phi) is 6.51. The molecular weight excluding hydrogens is 271 g/mol. The molecule has 0 radical (unpaired) electrons. The minimum absolute atomic E-state index is 0.0861. The van der Waals surface area contributed by atoms with Crippen LogP contribution in [0.25, 0.3) is 0 Å². The fraction of sp³-hybridized carbons (Fsp3) is 0.500. The van der Waals surface area contributed by atoms with Crippen LogP contribution in [0.5, 0.6) is 0 Å². The van der Waals surface area contributed by atoms with Crippen LogP contribution in [-0.2, 0) is 16.0 Å². The minimum Gasteiger partial charge on any atom is -0.370 e. The smallest absolute Gasteiger partial charge is 0.370 e. The van der Waals surface area contributed by atoms with Crippen molar-refractivity contribution >= 4 is 5.91 Å². The highest BCUT2D eigenvalue weighted by Crippen LogP contribution is 2.13. The van der Waals surface area contributed by atoms with E-state index < -0.39 is 12.8 Å². The molecule has 1 aromatic rings. The number of ether oxygens (including phenoxy) is 1. The van der Waals surface area contributed by atoms with E-state index in [2.05, 4.69) is 10.1 Å². The zero-order valence-corrected chi connectivity index (χ0v) is 11.3. The lowest BCUT2D eigenvalue weighted by atomic mass is 10.1. The molecule has 0 spiro atoms. The fourth-order valence-electron chi connectivity index (χ4n) is 1.55. The molecule has 0 atom stereocenters. The van der Waals surface area contributed by atoms with Crippen LogP contribution in [0.4, 0.5) is 13.2 Å². The summed E-state index contributed by atoms with van der Waals surface area (Å²) in [7, 11) is 0. The van der Waals surface area contributed by atoms with Crippen LogP contribution in [-0.4, -0.2) is 31.8 Å². The quantitative estimate of drug-likeness (QED) is 0.784. The summed E-state index contributed by atoms with van der Waals surface area (Å²) in [6.45, 7) is 0.641. The first-order chi connectivity index (χ1) is 9.37. The maximum absolute atomic E-state index is 11.8. The van der Waals surface area contributed by atoms with Crippen LogP contribution >= 0.6 is 0 Å². The second-order valence-electron chi connectivity index (χ2n) is 4.50. The molecule has 0 aliphatic rings. The van der Waals surface area contributed by atoms with Crippen molar-refractivity contribution in [3.05, 3.63) is 35.4 Å². The van der Waals surface area contributed by atoms with E-state index in [9.17, 15) is 18.0 Å². The minimum atomic E-state index is -4.32. The maximum atomic E-state index is 11.8. The predicted molar refractivity (Wildman–Crippen MR) is 69.4 cm³/mol. The number of benzene rings is 1. The van der Waals surface area contributed by atoms with Crippen molar-refractivity contribution in [2.24, 2.45) is 0 Å². The highest BCUT2D eigenvalue weighted by molar-refractivity contribution is 5.76. The predicted octanol–water partition coefficient (Wildman–Crippen LogP) is 2.62. The van der Waals surface area contributed by atoms with Crippen molar-refractivity contribution in [1.82, 2.24) is 5.32 Å². The van der Waals surface area contributed by atoms with Crippen LogP contribution in [0.15, 0.2) is 24.3 Å². The highest BCUT2D eigenvalue weighted by atomic mass is 19.4. The summed E-state index contributed by atoms with van der Waals surface area (Å²) in [4.78, 5) is 11.5. The molecule has 0 aliphatic heterocycles. The highest BCUT2D eigenvalue weighted by Gasteiger charge is 2.27. The number of alkyl halides is 3. The molecule has 1 amide bonds. The molecule has 6 heteroatoms. The summed E-state index contributed by atoms with van der Waals surface area (Å²) >= 11 is 0. The Hall–Kier alpha value is -1.56. The van der Waals surface area contributed by atoms with E-state index in [0.717, 1.165) is 11.1 Å². The molecule has 0 unspecified atom stereocenters. The molecule has 0 aromatic heterocycles. The SMILES string of the molecule is Cc1ccc(CCC(=O)NCCOCC(F)(F)F)cc1. The Bertz CT molecular complexity index is 415. The third-order valence-electron chi connectivity index (χ3n) is 2.60. The van der Waals surface area contributed by atoms with Gasteiger partial charge in [0.2, 0.25) is 5.91 Å². The number of aryl methyl sites for hydroxylation is 2. The summed E-state index contributed by atoms with van der Waals surface area (Å²) in [6, 6.07) is 7.85. The van der Waals surface area contributed by atoms with Crippen molar-refractivity contribution in [2.75, 3.05) is 19.8 Å². The van der Waals surface area contributed by atoms with E-state index in [1.165, 1.54) is 0 Å². The van der Waals surface area contributed by atoms with Crippen LogP contribution in [0, 0.1) is 6.92 Å². The van der Waals surface area contributed by atoms with Gasteiger partial charge in [0.25, 0.3) is 0 Å². The molecule has 0 bridgehead atoms. The number of carbonyl (C=O) groups excluding carboxylic acids is 1. The van der Waals surface area contributed by atoms with Gasteiger partial charge in [0.15, 0.2) is 0 Å². The van der Waals surface area contributed by atoms with Crippen molar-refractivity contribution in [2.45, 2.75) is 25.9 Å². The normalized spacial score (nSPS) is 11.4. The fourth-order valence-corrected chi connectivity index (χ4v) is 1.55. The third kappa shape index (κ3) is 7.78. The zero-order chi connectivity index (χ0) is 15.0. The average Bonchev–Trinajstić information content (AvgIpc) is 2.36. The second kappa shape index (κ2) is 7.89. The summed E-state index contributed by atoms with van der Waals surface area (Å²) in [5.41, 5.74) is 2.21. The number of carbonyl (C=O) groups is 1. The lowest BCUT2D eigenvalue weighted by molar-refractivity contribution is -0.173. The van der Waals surface area contributed by atoms with E-state index in [4.69, 9.17) is 0 Å². The number of nitrogens with one attached hydrogen (secondary N) is 1. The van der Waals surface area contributed by atoms with Crippen molar-refractivity contribution in [3.63, 3.8) is 0 Å². The van der Waals surface area contributed by atoms with Gasteiger partial charge in [0.05, 0.1) is 6.61 Å². The number of rotatable bonds is 7. The maximum Gasteiger partial charge on any atom is 0.411 e. The Morgan fingerprint density at radius 3 is 2.50 bits per heavy atom. The molecule has 0 heterocycles. The van der Waals surface area contributed by atoms with Crippen LogP contribution in [0.3, 0.4) is 0 Å². The van der Waals surface area contributed by atoms with Crippen molar-refractivity contribution in [3.8, 4) is 0 Å². The molecule has 3 nitrogen and oxygen atoms in total. The Morgan fingerprint density at radius 2 is 1.90 bits per heavy atom. The van der Waals surface area contributed by atoms with Gasteiger partial charge in [-0.25, -0.2) is 0 Å². The molecule has 0 aliphatic carbocycles. The largest absolute Gasteiger partial charge is 0.411 e. The molecule has 20 heavy (non-hydrogen) atoms. The first-order valence-corrected chi connectivity index (χ1v) is 6.33. The van der Waals surface area contributed by atoms with Crippen LogP contribution in [0.2, 0.25) is 0 Å². The molecule has 112 valence electrons. The van der Waals surface area contributed by atoms with Gasteiger partial charge in [-0.15, -0.1) is 0 Å². The first-order valence-electron chi connectivity index (χ1n) is 6.33. The molecule has 1 N–H and O–H groups in total. The summed E-state index contributed by atoms with van der Waals surface area (Å²) in [6.07, 6.45) is -3.41. The molecule has 1 aromatic carbocycles. The average molecular weight is 289 g/mol. The number of hydrogen-bond acceptors (Lipinski definition) is 2. The topological polar surface area (TPSA) is 38.3 Å². The van der Waals surface area contributed by atoms with E-state index >= 15 is 0 Å². The van der Waals surface area contributed by atoms with Gasteiger partial charge in [0.1, 0.15) is 6.61 Å².